The summed E-state index contributed by atoms with van der Waals surface area (Å²) in [5.41, 5.74) is 3.03. The summed E-state index contributed by atoms with van der Waals surface area (Å²) in [5, 5.41) is 0. The van der Waals surface area contributed by atoms with E-state index in [9.17, 15) is 9.59 Å². The first-order valence-corrected chi connectivity index (χ1v) is 12.1. The Morgan fingerprint density at radius 1 is 1.03 bits per heavy atom. The van der Waals surface area contributed by atoms with Gasteiger partial charge in [0, 0.05) is 20.0 Å². The highest BCUT2D eigenvalue weighted by Gasteiger charge is 2.44. The Labute approximate surface area is 195 Å². The van der Waals surface area contributed by atoms with Gasteiger partial charge in [-0.3, -0.25) is 9.59 Å². The lowest BCUT2D eigenvalue weighted by Crippen LogP contribution is -2.46. The topological polar surface area (TPSA) is 46.6 Å². The number of benzene rings is 2. The standard InChI is InChI=1S/C27H31NO3S/c1-21(16-18-31-22(2)29)27(32-3)17-10-15-25(26(27)30)28(19-23-11-6-4-7-12-23)20-24-13-8-5-9-14-24/h4-15,17,21H,16,18-20H2,1-3H3/t21-,27?/m0/s1. The molecule has 0 N–H and O–H groups in total. The molecule has 5 heteroatoms. The summed E-state index contributed by atoms with van der Waals surface area (Å²) in [6, 6.07) is 20.5. The Morgan fingerprint density at radius 2 is 1.59 bits per heavy atom. The molecule has 1 aliphatic rings. The molecule has 0 radical (unpaired) electrons. The van der Waals surface area contributed by atoms with E-state index in [2.05, 4.69) is 36.1 Å². The summed E-state index contributed by atoms with van der Waals surface area (Å²) in [7, 11) is 0. The van der Waals surface area contributed by atoms with Crippen LogP contribution in [0.1, 0.15) is 31.4 Å². The van der Waals surface area contributed by atoms with Crippen LogP contribution in [0.3, 0.4) is 0 Å². The van der Waals surface area contributed by atoms with Gasteiger partial charge in [-0.15, -0.1) is 11.8 Å². The van der Waals surface area contributed by atoms with Gasteiger partial charge in [0.25, 0.3) is 0 Å². The van der Waals surface area contributed by atoms with Crippen LogP contribution < -0.4 is 0 Å². The van der Waals surface area contributed by atoms with Gasteiger partial charge in [-0.05, 0) is 35.8 Å². The second-order valence-electron chi connectivity index (χ2n) is 8.09. The zero-order valence-electron chi connectivity index (χ0n) is 19.0. The van der Waals surface area contributed by atoms with Crippen LogP contribution in [0.2, 0.25) is 0 Å². The maximum atomic E-state index is 13.9. The van der Waals surface area contributed by atoms with Crippen molar-refractivity contribution in [2.24, 2.45) is 5.92 Å². The molecule has 2 aromatic rings. The van der Waals surface area contributed by atoms with Crippen molar-refractivity contribution in [3.63, 3.8) is 0 Å². The Kier molecular flexibility index (Phi) is 8.34. The largest absolute Gasteiger partial charge is 0.466 e. The smallest absolute Gasteiger partial charge is 0.302 e. The number of Topliss-reactive ketones (excluding diaryl/α,β-unsaturated/α-hetero) is 1. The minimum atomic E-state index is -0.685. The lowest BCUT2D eigenvalue weighted by molar-refractivity contribution is -0.141. The van der Waals surface area contributed by atoms with E-state index in [-0.39, 0.29) is 17.7 Å². The quantitative estimate of drug-likeness (QED) is 0.454. The first-order chi connectivity index (χ1) is 15.5. The van der Waals surface area contributed by atoms with Crippen LogP contribution in [0, 0.1) is 5.92 Å². The number of carbonyl (C=O) groups excluding carboxylic acids is 2. The number of hydrogen-bond donors (Lipinski definition) is 0. The zero-order chi connectivity index (χ0) is 23.0. The molecule has 0 aliphatic heterocycles. The number of nitrogens with zero attached hydrogens (tertiary/aromatic N) is 1. The second kappa shape index (κ2) is 11.2. The van der Waals surface area contributed by atoms with E-state index in [4.69, 9.17) is 4.74 Å². The van der Waals surface area contributed by atoms with Crippen molar-refractivity contribution in [3.8, 4) is 0 Å². The zero-order valence-corrected chi connectivity index (χ0v) is 19.8. The summed E-state index contributed by atoms with van der Waals surface area (Å²) in [5.74, 6) is -0.173. The highest BCUT2D eigenvalue weighted by molar-refractivity contribution is 8.01. The molecule has 0 saturated heterocycles. The van der Waals surface area contributed by atoms with Crippen molar-refractivity contribution in [2.45, 2.75) is 38.1 Å². The third-order valence-electron chi connectivity index (χ3n) is 5.88. The number of esters is 1. The van der Waals surface area contributed by atoms with E-state index in [1.54, 1.807) is 11.8 Å². The van der Waals surface area contributed by atoms with Crippen LogP contribution in [0.15, 0.2) is 84.6 Å². The van der Waals surface area contributed by atoms with Gasteiger partial charge in [0.15, 0.2) is 5.78 Å². The summed E-state index contributed by atoms with van der Waals surface area (Å²) >= 11 is 1.56. The van der Waals surface area contributed by atoms with Crippen LogP contribution >= 0.6 is 11.8 Å². The normalized spacial score (nSPS) is 18.7. The lowest BCUT2D eigenvalue weighted by atomic mass is 9.82. The minimum Gasteiger partial charge on any atom is -0.466 e. The molecule has 0 amide bonds. The van der Waals surface area contributed by atoms with Crippen molar-refractivity contribution in [3.05, 3.63) is 95.7 Å². The van der Waals surface area contributed by atoms with Crippen molar-refractivity contribution >= 4 is 23.5 Å². The number of carbonyl (C=O) groups is 2. The Hall–Kier alpha value is -2.79. The summed E-state index contributed by atoms with van der Waals surface area (Å²) in [6.45, 7) is 5.08. The summed E-state index contributed by atoms with van der Waals surface area (Å²) in [4.78, 5) is 27.3. The van der Waals surface area contributed by atoms with Crippen LogP contribution in [0.25, 0.3) is 0 Å². The predicted octanol–water partition coefficient (Wildman–Crippen LogP) is 5.40. The van der Waals surface area contributed by atoms with Gasteiger partial charge < -0.3 is 9.64 Å². The van der Waals surface area contributed by atoms with Gasteiger partial charge in [0.1, 0.15) is 4.75 Å². The molecule has 0 bridgehead atoms. The minimum absolute atomic E-state index is 0.0135. The summed E-state index contributed by atoms with van der Waals surface area (Å²) < 4.78 is 4.47. The van der Waals surface area contributed by atoms with E-state index < -0.39 is 4.75 Å². The van der Waals surface area contributed by atoms with Gasteiger partial charge in [-0.25, -0.2) is 0 Å². The van der Waals surface area contributed by atoms with E-state index in [0.717, 1.165) is 11.1 Å². The van der Waals surface area contributed by atoms with Gasteiger partial charge in [0.05, 0.1) is 12.3 Å². The first-order valence-electron chi connectivity index (χ1n) is 10.9. The van der Waals surface area contributed by atoms with Crippen molar-refractivity contribution in [2.75, 3.05) is 12.9 Å². The Bertz CT molecular complexity index is 929. The number of thioether (sulfide) groups is 1. The molecule has 1 aliphatic carbocycles. The van der Waals surface area contributed by atoms with Gasteiger partial charge in [-0.1, -0.05) is 79.7 Å². The molecule has 2 aromatic carbocycles. The molecule has 0 aromatic heterocycles. The second-order valence-corrected chi connectivity index (χ2v) is 9.18. The summed E-state index contributed by atoms with van der Waals surface area (Å²) in [6.07, 6.45) is 8.54. The highest BCUT2D eigenvalue weighted by atomic mass is 32.2. The third-order valence-corrected chi connectivity index (χ3v) is 7.28. The van der Waals surface area contributed by atoms with Crippen LogP contribution in [0.5, 0.6) is 0 Å². The molecule has 2 atom stereocenters. The molecule has 4 nitrogen and oxygen atoms in total. The molecule has 0 heterocycles. The van der Waals surface area contributed by atoms with Crippen molar-refractivity contribution in [1.29, 1.82) is 0 Å². The van der Waals surface area contributed by atoms with Gasteiger partial charge in [0.2, 0.25) is 0 Å². The average molecular weight is 450 g/mol. The molecule has 168 valence electrons. The van der Waals surface area contributed by atoms with E-state index in [0.29, 0.717) is 31.8 Å². The third kappa shape index (κ3) is 5.71. The highest BCUT2D eigenvalue weighted by Crippen LogP contribution is 2.41. The molecule has 0 spiro atoms. The first kappa shape index (κ1) is 23.9. The fraction of sp³-hybridized carbons (Fsp3) is 0.333. The molecule has 1 unspecified atom stereocenters. The van der Waals surface area contributed by atoms with Crippen molar-refractivity contribution < 1.29 is 14.3 Å². The Balaban J connectivity index is 1.88. The molecule has 0 saturated carbocycles. The maximum Gasteiger partial charge on any atom is 0.302 e. The number of rotatable bonds is 10. The van der Waals surface area contributed by atoms with Crippen molar-refractivity contribution in [1.82, 2.24) is 4.90 Å². The fourth-order valence-electron chi connectivity index (χ4n) is 4.06. The average Bonchev–Trinajstić information content (AvgIpc) is 2.80. The van der Waals surface area contributed by atoms with Crippen LogP contribution in [-0.4, -0.2) is 34.3 Å². The van der Waals surface area contributed by atoms with Gasteiger partial charge in [-0.2, -0.15) is 0 Å². The Morgan fingerprint density at radius 3 is 2.09 bits per heavy atom. The number of ether oxygens (including phenoxy) is 1. The lowest BCUT2D eigenvalue weighted by Gasteiger charge is -2.39. The van der Waals surface area contributed by atoms with E-state index in [1.165, 1.54) is 6.92 Å². The predicted molar refractivity (Wildman–Crippen MR) is 131 cm³/mol. The maximum absolute atomic E-state index is 13.9. The monoisotopic (exact) mass is 449 g/mol. The molecular formula is C27H31NO3S. The molecule has 32 heavy (non-hydrogen) atoms. The number of allylic oxidation sites excluding steroid dienone is 3. The van der Waals surface area contributed by atoms with E-state index >= 15 is 0 Å². The molecule has 3 rings (SSSR count). The van der Waals surface area contributed by atoms with E-state index in [1.807, 2.05) is 60.9 Å². The molecular weight excluding hydrogens is 418 g/mol. The number of hydrogen-bond acceptors (Lipinski definition) is 5. The molecule has 0 fully saturated rings. The fourth-order valence-corrected chi connectivity index (χ4v) is 5.09. The van der Waals surface area contributed by atoms with Crippen LogP contribution in [-0.2, 0) is 27.4 Å². The van der Waals surface area contributed by atoms with Crippen LogP contribution in [0.4, 0.5) is 0 Å². The van der Waals surface area contributed by atoms with Gasteiger partial charge >= 0.3 is 5.97 Å². The SMILES string of the molecule is CSC1([C@@H](C)CCOC(C)=O)C=CC=C(N(Cc2ccccc2)Cc2ccccc2)C1=O. The number of ketones is 1.